The van der Waals surface area contributed by atoms with E-state index < -0.39 is 18.5 Å². The number of aryl methyl sites for hydroxylation is 1. The number of hydrogen-bond acceptors (Lipinski definition) is 6. The molecule has 0 saturated heterocycles. The Labute approximate surface area is 172 Å². The van der Waals surface area contributed by atoms with Gasteiger partial charge in [-0.1, -0.05) is 25.1 Å². The predicted molar refractivity (Wildman–Crippen MR) is 113 cm³/mol. The summed E-state index contributed by atoms with van der Waals surface area (Å²) in [6.07, 6.45) is 2.66. The summed E-state index contributed by atoms with van der Waals surface area (Å²) in [6, 6.07) is 14.1. The van der Waals surface area contributed by atoms with Gasteiger partial charge in [-0.05, 0) is 43.0 Å². The minimum absolute atomic E-state index is 0.0192. The van der Waals surface area contributed by atoms with Gasteiger partial charge >= 0.3 is 5.97 Å². The van der Waals surface area contributed by atoms with Crippen LogP contribution in [-0.4, -0.2) is 34.5 Å². The van der Waals surface area contributed by atoms with Crippen LogP contribution < -0.4 is 10.9 Å². The lowest BCUT2D eigenvalue weighted by Gasteiger charge is -2.10. The highest BCUT2D eigenvalue weighted by Gasteiger charge is 2.19. The molecular formula is C21H21N3O4S. The maximum atomic E-state index is 12.6. The zero-order valence-electron chi connectivity index (χ0n) is 16.2. The second kappa shape index (κ2) is 9.38. The van der Waals surface area contributed by atoms with Crippen LogP contribution >= 0.6 is 11.8 Å². The largest absolute Gasteiger partial charge is 0.451 e. The number of nitrogens with zero attached hydrogens (tertiary/aromatic N) is 2. The summed E-state index contributed by atoms with van der Waals surface area (Å²) in [4.78, 5) is 38.3. The fraction of sp³-hybridized carbons (Fsp3) is 0.238. The van der Waals surface area contributed by atoms with E-state index >= 15 is 0 Å². The first-order valence-corrected chi connectivity index (χ1v) is 10.4. The number of benzene rings is 2. The molecule has 0 aliphatic heterocycles. The Bertz CT molecular complexity index is 1090. The molecule has 1 N–H and O–H groups in total. The molecule has 7 nitrogen and oxygen atoms in total. The van der Waals surface area contributed by atoms with Crippen LogP contribution in [0.15, 0.2) is 58.2 Å². The zero-order chi connectivity index (χ0) is 20.8. The molecule has 0 aliphatic carbocycles. The molecule has 0 spiro atoms. The van der Waals surface area contributed by atoms with Crippen LogP contribution in [0, 0.1) is 0 Å². The molecule has 1 heterocycles. The number of fused-ring (bicyclic) bond motifs is 1. The van der Waals surface area contributed by atoms with E-state index in [2.05, 4.69) is 10.4 Å². The van der Waals surface area contributed by atoms with Crippen LogP contribution in [0.3, 0.4) is 0 Å². The third-order valence-corrected chi connectivity index (χ3v) is 4.95. The summed E-state index contributed by atoms with van der Waals surface area (Å²) in [7, 11) is 0. The zero-order valence-corrected chi connectivity index (χ0v) is 17.0. The molecule has 3 rings (SSSR count). The van der Waals surface area contributed by atoms with Gasteiger partial charge in [0, 0.05) is 22.5 Å². The van der Waals surface area contributed by atoms with Crippen molar-refractivity contribution in [1.29, 1.82) is 0 Å². The van der Waals surface area contributed by atoms with Crippen molar-refractivity contribution >= 4 is 40.1 Å². The van der Waals surface area contributed by atoms with Gasteiger partial charge in [0.2, 0.25) is 0 Å². The number of rotatable bonds is 7. The second-order valence-electron chi connectivity index (χ2n) is 6.28. The molecule has 8 heteroatoms. The molecular weight excluding hydrogens is 390 g/mol. The lowest BCUT2D eigenvalue weighted by atomic mass is 10.1. The van der Waals surface area contributed by atoms with Crippen molar-refractivity contribution in [3.05, 3.63) is 64.6 Å². The third-order valence-electron chi connectivity index (χ3n) is 4.20. The molecule has 150 valence electrons. The van der Waals surface area contributed by atoms with Crippen molar-refractivity contribution in [2.75, 3.05) is 18.2 Å². The number of nitrogens with one attached hydrogen (secondary N) is 1. The van der Waals surface area contributed by atoms with Crippen LogP contribution in [0.2, 0.25) is 0 Å². The van der Waals surface area contributed by atoms with E-state index in [1.165, 1.54) is 4.68 Å². The minimum atomic E-state index is -0.751. The van der Waals surface area contributed by atoms with Crippen LogP contribution in [0.1, 0.15) is 23.8 Å². The number of carbonyl (C=O) groups is 2. The maximum absolute atomic E-state index is 12.6. The lowest BCUT2D eigenvalue weighted by Crippen LogP contribution is -2.27. The van der Waals surface area contributed by atoms with E-state index in [0.29, 0.717) is 29.4 Å². The number of carbonyl (C=O) groups excluding carboxylic acids is 2. The van der Waals surface area contributed by atoms with Crippen molar-refractivity contribution in [3.63, 3.8) is 0 Å². The van der Waals surface area contributed by atoms with Crippen molar-refractivity contribution < 1.29 is 14.3 Å². The maximum Gasteiger partial charge on any atom is 0.359 e. The average molecular weight is 411 g/mol. The number of anilines is 1. The SMILES string of the molecule is CCCn1nc(C(=O)OCC(=O)Nc2ccc(SC)cc2)c2ccccc2c1=O. The molecule has 0 radical (unpaired) electrons. The Kier molecular flexibility index (Phi) is 6.66. The van der Waals surface area contributed by atoms with Gasteiger partial charge in [-0.25, -0.2) is 9.48 Å². The van der Waals surface area contributed by atoms with E-state index in [0.717, 1.165) is 4.90 Å². The minimum Gasteiger partial charge on any atom is -0.451 e. The molecule has 1 aromatic heterocycles. The summed E-state index contributed by atoms with van der Waals surface area (Å²) < 4.78 is 6.41. The number of ether oxygens (including phenoxy) is 1. The normalized spacial score (nSPS) is 10.7. The first-order chi connectivity index (χ1) is 14.0. The van der Waals surface area contributed by atoms with Crippen molar-refractivity contribution in [3.8, 4) is 0 Å². The van der Waals surface area contributed by atoms with Crippen molar-refractivity contribution in [2.45, 2.75) is 24.8 Å². The molecule has 1 amide bonds. The monoisotopic (exact) mass is 411 g/mol. The van der Waals surface area contributed by atoms with Crippen molar-refractivity contribution in [2.24, 2.45) is 0 Å². The highest BCUT2D eigenvalue weighted by Crippen LogP contribution is 2.18. The summed E-state index contributed by atoms with van der Waals surface area (Å²) in [5.41, 5.74) is 0.375. The number of esters is 1. The van der Waals surface area contributed by atoms with E-state index in [1.54, 1.807) is 48.2 Å². The number of hydrogen-bond donors (Lipinski definition) is 1. The number of amides is 1. The summed E-state index contributed by atoms with van der Waals surface area (Å²) >= 11 is 1.60. The molecule has 2 aromatic carbocycles. The molecule has 3 aromatic rings. The van der Waals surface area contributed by atoms with Crippen LogP contribution in [0.5, 0.6) is 0 Å². The lowest BCUT2D eigenvalue weighted by molar-refractivity contribution is -0.119. The van der Waals surface area contributed by atoms with Gasteiger partial charge in [0.05, 0.1) is 5.39 Å². The van der Waals surface area contributed by atoms with Gasteiger partial charge in [0.1, 0.15) is 0 Å². The Morgan fingerprint density at radius 3 is 2.45 bits per heavy atom. The average Bonchev–Trinajstić information content (AvgIpc) is 2.74. The second-order valence-corrected chi connectivity index (χ2v) is 7.15. The van der Waals surface area contributed by atoms with Crippen LogP contribution in [-0.2, 0) is 16.1 Å². The fourth-order valence-electron chi connectivity index (χ4n) is 2.82. The smallest absolute Gasteiger partial charge is 0.359 e. The Balaban J connectivity index is 1.74. The summed E-state index contributed by atoms with van der Waals surface area (Å²) in [5.74, 6) is -1.21. The van der Waals surface area contributed by atoms with Gasteiger partial charge in [-0.3, -0.25) is 9.59 Å². The van der Waals surface area contributed by atoms with Gasteiger partial charge in [-0.2, -0.15) is 5.10 Å². The highest BCUT2D eigenvalue weighted by molar-refractivity contribution is 7.98. The Hall–Kier alpha value is -3.13. The van der Waals surface area contributed by atoms with E-state index in [4.69, 9.17) is 4.74 Å². The molecule has 0 saturated carbocycles. The molecule has 0 atom stereocenters. The third kappa shape index (κ3) is 4.83. The molecule has 0 aliphatic rings. The predicted octanol–water partition coefficient (Wildman–Crippen LogP) is 3.32. The van der Waals surface area contributed by atoms with E-state index in [9.17, 15) is 14.4 Å². The van der Waals surface area contributed by atoms with Crippen LogP contribution in [0.25, 0.3) is 10.8 Å². The van der Waals surface area contributed by atoms with Gasteiger partial charge in [0.25, 0.3) is 11.5 Å². The van der Waals surface area contributed by atoms with Crippen LogP contribution in [0.4, 0.5) is 5.69 Å². The molecule has 29 heavy (non-hydrogen) atoms. The summed E-state index contributed by atoms with van der Waals surface area (Å²) in [5, 5.41) is 7.64. The molecule has 0 fully saturated rings. The highest BCUT2D eigenvalue weighted by atomic mass is 32.2. The standard InChI is InChI=1S/C21H21N3O4S/c1-3-12-24-20(26)17-7-5-4-6-16(17)19(23-24)21(27)28-13-18(25)22-14-8-10-15(29-2)11-9-14/h4-11H,3,12-13H2,1-2H3,(H,22,25). The number of thioether (sulfide) groups is 1. The Morgan fingerprint density at radius 1 is 1.10 bits per heavy atom. The first kappa shape index (κ1) is 20.6. The fourth-order valence-corrected chi connectivity index (χ4v) is 3.23. The van der Waals surface area contributed by atoms with Gasteiger partial charge < -0.3 is 10.1 Å². The number of aromatic nitrogens is 2. The topological polar surface area (TPSA) is 90.3 Å². The molecule has 0 bridgehead atoms. The van der Waals surface area contributed by atoms with E-state index in [1.807, 2.05) is 25.3 Å². The van der Waals surface area contributed by atoms with E-state index in [-0.39, 0.29) is 11.3 Å². The summed E-state index contributed by atoms with van der Waals surface area (Å²) in [6.45, 7) is 1.85. The van der Waals surface area contributed by atoms with Crippen molar-refractivity contribution in [1.82, 2.24) is 9.78 Å². The van der Waals surface area contributed by atoms with Gasteiger partial charge in [0.15, 0.2) is 12.3 Å². The molecule has 0 unspecified atom stereocenters. The first-order valence-electron chi connectivity index (χ1n) is 9.14. The quantitative estimate of drug-likeness (QED) is 0.474. The Morgan fingerprint density at radius 2 is 1.79 bits per heavy atom. The van der Waals surface area contributed by atoms with Gasteiger partial charge in [-0.15, -0.1) is 11.8 Å².